The van der Waals surface area contributed by atoms with Crippen LogP contribution in [-0.4, -0.2) is 26.2 Å². The Bertz CT molecular complexity index is 400. The number of likely N-dealkylation sites (tertiary alicyclic amines) is 1. The van der Waals surface area contributed by atoms with Gasteiger partial charge in [-0.15, -0.1) is 0 Å². The number of quaternary nitrogens is 1. The van der Waals surface area contributed by atoms with Crippen molar-refractivity contribution in [1.82, 2.24) is 0 Å². The Morgan fingerprint density at radius 1 is 1.10 bits per heavy atom. The number of halogens is 1. The minimum absolute atomic E-state index is 0.716. The largest absolute Gasteiger partial charge is 0.492 e. The van der Waals surface area contributed by atoms with Gasteiger partial charge in [0.05, 0.1) is 31.3 Å². The first kappa shape index (κ1) is 15.7. The maximum absolute atomic E-state index is 6.12. The summed E-state index contributed by atoms with van der Waals surface area (Å²) < 4.78 is 5.79. The summed E-state index contributed by atoms with van der Waals surface area (Å²) in [6.45, 7) is 6.86. The van der Waals surface area contributed by atoms with Crippen LogP contribution in [0.2, 0.25) is 5.02 Å². The Morgan fingerprint density at radius 3 is 2.60 bits per heavy atom. The van der Waals surface area contributed by atoms with Crippen molar-refractivity contribution in [2.45, 2.75) is 45.4 Å². The fourth-order valence-electron chi connectivity index (χ4n) is 2.86. The first-order valence-electron chi connectivity index (χ1n) is 7.98. The molecule has 1 N–H and O–H groups in total. The molecule has 1 aliphatic rings. The van der Waals surface area contributed by atoms with Crippen LogP contribution in [0.1, 0.15) is 44.1 Å². The molecule has 1 fully saturated rings. The normalized spacial score (nSPS) is 16.9. The zero-order valence-electron chi connectivity index (χ0n) is 12.6. The van der Waals surface area contributed by atoms with Gasteiger partial charge in [-0.05, 0) is 63.1 Å². The van der Waals surface area contributed by atoms with Crippen LogP contribution in [0.4, 0.5) is 0 Å². The van der Waals surface area contributed by atoms with Crippen LogP contribution in [-0.2, 0) is 0 Å². The number of hydrogen-bond acceptors (Lipinski definition) is 1. The molecule has 1 aliphatic heterocycles. The van der Waals surface area contributed by atoms with Crippen LogP contribution in [0.5, 0.6) is 5.75 Å². The molecule has 112 valence electrons. The van der Waals surface area contributed by atoms with Gasteiger partial charge < -0.3 is 9.64 Å². The summed E-state index contributed by atoms with van der Waals surface area (Å²) in [5, 5.41) is 0.716. The van der Waals surface area contributed by atoms with Crippen LogP contribution in [0, 0.1) is 6.92 Å². The molecule has 1 aromatic carbocycles. The molecule has 2 nitrogen and oxygen atoms in total. The Balaban J connectivity index is 1.62. The first-order valence-corrected chi connectivity index (χ1v) is 8.36. The molecule has 1 saturated heterocycles. The minimum atomic E-state index is 0.716. The van der Waals surface area contributed by atoms with Crippen LogP contribution in [0.25, 0.3) is 0 Å². The lowest BCUT2D eigenvalue weighted by Crippen LogP contribution is -3.11. The van der Waals surface area contributed by atoms with Crippen LogP contribution < -0.4 is 9.64 Å². The molecule has 0 aromatic heterocycles. The molecular weight excluding hydrogens is 270 g/mol. The Labute approximate surface area is 128 Å². The monoisotopic (exact) mass is 296 g/mol. The highest BCUT2D eigenvalue weighted by Crippen LogP contribution is 2.25. The number of benzene rings is 1. The summed E-state index contributed by atoms with van der Waals surface area (Å²) in [6, 6.07) is 5.94. The van der Waals surface area contributed by atoms with Gasteiger partial charge in [0.2, 0.25) is 0 Å². The van der Waals surface area contributed by atoms with E-state index in [4.69, 9.17) is 16.3 Å². The van der Waals surface area contributed by atoms with E-state index >= 15 is 0 Å². The third kappa shape index (κ3) is 5.34. The SMILES string of the molecule is Cc1ccc(Cl)c(OCCCC[NH+]2CCCCCC2)c1. The first-order chi connectivity index (χ1) is 9.75. The van der Waals surface area contributed by atoms with Crippen LogP contribution in [0.3, 0.4) is 0 Å². The van der Waals surface area contributed by atoms with Crippen molar-refractivity contribution in [3.63, 3.8) is 0 Å². The average molecular weight is 297 g/mol. The molecule has 3 heteroatoms. The van der Waals surface area contributed by atoms with E-state index < -0.39 is 0 Å². The standard InChI is InChI=1S/C17H26ClNO/c1-15-8-9-16(18)17(14-15)20-13-7-6-12-19-10-4-2-3-5-11-19/h8-9,14H,2-7,10-13H2,1H3/p+1. The zero-order chi connectivity index (χ0) is 14.2. The van der Waals surface area contributed by atoms with E-state index in [1.165, 1.54) is 57.3 Å². The molecule has 0 unspecified atom stereocenters. The second kappa shape index (κ2) is 8.53. The minimum Gasteiger partial charge on any atom is -0.492 e. The number of hydrogen-bond donors (Lipinski definition) is 1. The van der Waals surface area contributed by atoms with Gasteiger partial charge in [0.1, 0.15) is 5.75 Å². The lowest BCUT2D eigenvalue weighted by atomic mass is 10.2. The number of nitrogens with one attached hydrogen (secondary N) is 1. The second-order valence-corrected chi connectivity index (χ2v) is 6.31. The third-order valence-electron chi connectivity index (χ3n) is 4.08. The summed E-state index contributed by atoms with van der Waals surface area (Å²) in [4.78, 5) is 1.79. The highest BCUT2D eigenvalue weighted by Gasteiger charge is 2.11. The van der Waals surface area contributed by atoms with Gasteiger partial charge in [-0.2, -0.15) is 0 Å². The van der Waals surface area contributed by atoms with Gasteiger partial charge in [0, 0.05) is 0 Å². The third-order valence-corrected chi connectivity index (χ3v) is 4.39. The van der Waals surface area contributed by atoms with E-state index in [1.807, 2.05) is 18.2 Å². The van der Waals surface area contributed by atoms with Gasteiger partial charge in [0.25, 0.3) is 0 Å². The van der Waals surface area contributed by atoms with E-state index in [0.29, 0.717) is 5.02 Å². The molecule has 0 spiro atoms. The van der Waals surface area contributed by atoms with Crippen molar-refractivity contribution in [2.75, 3.05) is 26.2 Å². The molecule has 0 atom stereocenters. The number of ether oxygens (including phenoxy) is 1. The smallest absolute Gasteiger partial charge is 0.138 e. The van der Waals surface area contributed by atoms with Gasteiger partial charge in [0.15, 0.2) is 0 Å². The van der Waals surface area contributed by atoms with Crippen LogP contribution >= 0.6 is 11.6 Å². The van der Waals surface area contributed by atoms with Gasteiger partial charge >= 0.3 is 0 Å². The molecule has 0 amide bonds. The average Bonchev–Trinajstić information content (AvgIpc) is 2.71. The molecule has 2 rings (SSSR count). The topological polar surface area (TPSA) is 13.7 Å². The number of rotatable bonds is 6. The Kier molecular flexibility index (Phi) is 6.68. The zero-order valence-corrected chi connectivity index (χ0v) is 13.3. The molecule has 1 aromatic rings. The van der Waals surface area contributed by atoms with Gasteiger partial charge in [-0.1, -0.05) is 17.7 Å². The fourth-order valence-corrected chi connectivity index (χ4v) is 3.03. The van der Waals surface area contributed by atoms with Crippen molar-refractivity contribution < 1.29 is 9.64 Å². The summed E-state index contributed by atoms with van der Waals surface area (Å²) in [5.74, 6) is 0.828. The molecular formula is C17H27ClNO+. The van der Waals surface area contributed by atoms with Crippen LogP contribution in [0.15, 0.2) is 18.2 Å². The summed E-state index contributed by atoms with van der Waals surface area (Å²) in [7, 11) is 0. The number of aryl methyl sites for hydroxylation is 1. The van der Waals surface area contributed by atoms with Crippen molar-refractivity contribution in [1.29, 1.82) is 0 Å². The molecule has 1 heterocycles. The van der Waals surface area contributed by atoms with Gasteiger partial charge in [-0.25, -0.2) is 0 Å². The summed E-state index contributed by atoms with van der Waals surface area (Å²) in [6.07, 6.45) is 8.04. The highest BCUT2D eigenvalue weighted by molar-refractivity contribution is 6.32. The maximum Gasteiger partial charge on any atom is 0.138 e. The summed E-state index contributed by atoms with van der Waals surface area (Å²) >= 11 is 6.12. The Hall–Kier alpha value is -0.730. The van der Waals surface area contributed by atoms with E-state index in [2.05, 4.69) is 6.92 Å². The molecule has 0 aliphatic carbocycles. The van der Waals surface area contributed by atoms with Gasteiger partial charge in [-0.3, -0.25) is 0 Å². The van der Waals surface area contributed by atoms with Crippen molar-refractivity contribution in [3.8, 4) is 5.75 Å². The lowest BCUT2D eigenvalue weighted by Gasteiger charge is -2.16. The Morgan fingerprint density at radius 2 is 1.85 bits per heavy atom. The van der Waals surface area contributed by atoms with Crippen molar-refractivity contribution in [3.05, 3.63) is 28.8 Å². The van der Waals surface area contributed by atoms with Crippen molar-refractivity contribution >= 4 is 11.6 Å². The fraction of sp³-hybridized carbons (Fsp3) is 0.647. The molecule has 0 radical (unpaired) electrons. The van der Waals surface area contributed by atoms with E-state index in [0.717, 1.165) is 18.8 Å². The quantitative estimate of drug-likeness (QED) is 0.796. The predicted molar refractivity (Wildman–Crippen MR) is 84.9 cm³/mol. The summed E-state index contributed by atoms with van der Waals surface area (Å²) in [5.41, 5.74) is 1.19. The lowest BCUT2D eigenvalue weighted by molar-refractivity contribution is -0.899. The molecule has 20 heavy (non-hydrogen) atoms. The number of unbranched alkanes of at least 4 members (excludes halogenated alkanes) is 1. The van der Waals surface area contributed by atoms with Crippen molar-refractivity contribution in [2.24, 2.45) is 0 Å². The molecule has 0 bridgehead atoms. The maximum atomic E-state index is 6.12. The highest BCUT2D eigenvalue weighted by atomic mass is 35.5. The predicted octanol–water partition coefficient (Wildman–Crippen LogP) is 3.27. The second-order valence-electron chi connectivity index (χ2n) is 5.90. The molecule has 0 saturated carbocycles. The van der Waals surface area contributed by atoms with E-state index in [-0.39, 0.29) is 0 Å². The van der Waals surface area contributed by atoms with E-state index in [9.17, 15) is 0 Å². The van der Waals surface area contributed by atoms with E-state index in [1.54, 1.807) is 4.90 Å².